The molecule has 0 saturated carbocycles. The van der Waals surface area contributed by atoms with Gasteiger partial charge in [0.1, 0.15) is 29.8 Å². The molecule has 28 heavy (non-hydrogen) atoms. The maximum absolute atomic E-state index is 13.8. The van der Waals surface area contributed by atoms with E-state index >= 15 is 0 Å². The molecule has 0 radical (unpaired) electrons. The Morgan fingerprint density at radius 2 is 1.82 bits per heavy atom. The third-order valence-corrected chi connectivity index (χ3v) is 6.01. The molecule has 7 atom stereocenters. The zero-order valence-electron chi connectivity index (χ0n) is 15.6. The van der Waals surface area contributed by atoms with E-state index in [2.05, 4.69) is 4.99 Å². The standard InChI is InChI=1S/C18H23F3N2O4S/c1-9(10-7-5-4-6-8-10)26-15(18(19,20)21)14-13(25)12(24)11-16(27-14)28-17(22-11)23(2)3/h4-9,11-16,24-25H,1-3H3. The molecule has 2 heterocycles. The number of hydrogen-bond donors (Lipinski definition) is 2. The number of amidine groups is 1. The molecule has 0 bridgehead atoms. The molecule has 2 aliphatic rings. The monoisotopic (exact) mass is 420 g/mol. The van der Waals surface area contributed by atoms with Crippen LogP contribution in [0.25, 0.3) is 0 Å². The van der Waals surface area contributed by atoms with Crippen molar-refractivity contribution in [2.75, 3.05) is 14.1 Å². The largest absolute Gasteiger partial charge is 0.417 e. The normalized spacial score (nSPS) is 32.4. The van der Waals surface area contributed by atoms with Gasteiger partial charge in [-0.1, -0.05) is 42.1 Å². The number of ether oxygens (including phenoxy) is 2. The number of nitrogens with zero attached hydrogens (tertiary/aromatic N) is 2. The third kappa shape index (κ3) is 4.30. The van der Waals surface area contributed by atoms with E-state index in [1.165, 1.54) is 6.92 Å². The van der Waals surface area contributed by atoms with Gasteiger partial charge in [-0.25, -0.2) is 0 Å². The Labute approximate surface area is 165 Å². The van der Waals surface area contributed by atoms with Crippen molar-refractivity contribution in [3.05, 3.63) is 35.9 Å². The number of aliphatic hydroxyl groups excluding tert-OH is 2. The highest BCUT2D eigenvalue weighted by Crippen LogP contribution is 2.41. The summed E-state index contributed by atoms with van der Waals surface area (Å²) >= 11 is 1.12. The highest BCUT2D eigenvalue weighted by atomic mass is 32.2. The van der Waals surface area contributed by atoms with Crippen molar-refractivity contribution in [2.45, 2.75) is 55.1 Å². The van der Waals surface area contributed by atoms with E-state index in [9.17, 15) is 23.4 Å². The number of halogens is 3. The van der Waals surface area contributed by atoms with Gasteiger partial charge in [-0.05, 0) is 12.5 Å². The minimum atomic E-state index is -4.80. The van der Waals surface area contributed by atoms with Crippen LogP contribution in [0.4, 0.5) is 13.2 Å². The van der Waals surface area contributed by atoms with E-state index in [1.807, 2.05) is 0 Å². The predicted molar refractivity (Wildman–Crippen MR) is 99.0 cm³/mol. The molecular formula is C18H23F3N2O4S. The maximum Gasteiger partial charge on any atom is 0.417 e. The third-order valence-electron chi connectivity index (χ3n) is 4.71. The first kappa shape index (κ1) is 21.4. The summed E-state index contributed by atoms with van der Waals surface area (Å²) in [7, 11) is 3.46. The number of hydrogen-bond acceptors (Lipinski definition) is 7. The minimum absolute atomic E-state index is 0.518. The van der Waals surface area contributed by atoms with Crippen LogP contribution >= 0.6 is 11.8 Å². The summed E-state index contributed by atoms with van der Waals surface area (Å²) in [4.78, 5) is 5.93. The van der Waals surface area contributed by atoms with Crippen LogP contribution in [0, 0.1) is 0 Å². The second kappa shape index (κ2) is 8.19. The SMILES string of the molecule is CC(OC(C1OC2SC(N(C)C)=NC2C(O)C1O)C(F)(F)F)c1ccccc1. The van der Waals surface area contributed by atoms with Crippen LogP contribution in [0.5, 0.6) is 0 Å². The van der Waals surface area contributed by atoms with Crippen LogP contribution in [0.1, 0.15) is 18.6 Å². The van der Waals surface area contributed by atoms with Gasteiger partial charge >= 0.3 is 6.18 Å². The Morgan fingerprint density at radius 3 is 2.39 bits per heavy atom. The van der Waals surface area contributed by atoms with Crippen molar-refractivity contribution < 1.29 is 32.9 Å². The number of benzene rings is 1. The summed E-state index contributed by atoms with van der Waals surface area (Å²) in [5, 5.41) is 21.3. The predicted octanol–water partition coefficient (Wildman–Crippen LogP) is 2.17. The van der Waals surface area contributed by atoms with Crippen molar-refractivity contribution in [1.82, 2.24) is 4.90 Å². The zero-order valence-corrected chi connectivity index (χ0v) is 16.4. The molecule has 1 aromatic rings. The molecule has 1 fully saturated rings. The molecule has 2 aliphatic heterocycles. The molecule has 10 heteroatoms. The average molecular weight is 420 g/mol. The van der Waals surface area contributed by atoms with Crippen LogP contribution in [-0.4, -0.2) is 76.4 Å². The number of fused-ring (bicyclic) bond motifs is 1. The van der Waals surface area contributed by atoms with Gasteiger partial charge in [0.2, 0.25) is 0 Å². The van der Waals surface area contributed by atoms with Crippen molar-refractivity contribution >= 4 is 16.9 Å². The van der Waals surface area contributed by atoms with Crippen LogP contribution < -0.4 is 0 Å². The smallest absolute Gasteiger partial charge is 0.388 e. The van der Waals surface area contributed by atoms with Crippen molar-refractivity contribution in [3.63, 3.8) is 0 Å². The van der Waals surface area contributed by atoms with Gasteiger partial charge in [0, 0.05) is 14.1 Å². The molecule has 0 aromatic heterocycles. The summed E-state index contributed by atoms with van der Waals surface area (Å²) in [5.74, 6) is 0. The fourth-order valence-electron chi connectivity index (χ4n) is 3.20. The topological polar surface area (TPSA) is 74.5 Å². The molecule has 0 amide bonds. The molecule has 1 aromatic carbocycles. The number of aliphatic hydroxyl groups is 2. The zero-order chi connectivity index (χ0) is 20.6. The lowest BCUT2D eigenvalue weighted by Gasteiger charge is -2.42. The van der Waals surface area contributed by atoms with Crippen LogP contribution in [0.15, 0.2) is 35.3 Å². The quantitative estimate of drug-likeness (QED) is 0.778. The van der Waals surface area contributed by atoms with Crippen LogP contribution in [0.2, 0.25) is 0 Å². The summed E-state index contributed by atoms with van der Waals surface area (Å²) in [6, 6.07) is 7.63. The Balaban J connectivity index is 1.81. The molecule has 0 spiro atoms. The fourth-order valence-corrected chi connectivity index (χ4v) is 4.35. The van der Waals surface area contributed by atoms with Gasteiger partial charge in [0.25, 0.3) is 0 Å². The molecule has 6 nitrogen and oxygen atoms in total. The second-order valence-corrected chi connectivity index (χ2v) is 8.08. The lowest BCUT2D eigenvalue weighted by Crippen LogP contribution is -2.61. The molecule has 0 aliphatic carbocycles. The molecular weight excluding hydrogens is 397 g/mol. The van der Waals surface area contributed by atoms with E-state index in [1.54, 1.807) is 49.3 Å². The molecule has 1 saturated heterocycles. The van der Waals surface area contributed by atoms with Gasteiger partial charge in [0.15, 0.2) is 11.3 Å². The fraction of sp³-hybridized carbons (Fsp3) is 0.611. The molecule has 2 N–H and O–H groups in total. The second-order valence-electron chi connectivity index (χ2n) is 7.02. The van der Waals surface area contributed by atoms with Crippen molar-refractivity contribution in [2.24, 2.45) is 4.99 Å². The van der Waals surface area contributed by atoms with Crippen LogP contribution in [-0.2, 0) is 9.47 Å². The lowest BCUT2D eigenvalue weighted by molar-refractivity contribution is -0.293. The number of rotatable bonds is 4. The van der Waals surface area contributed by atoms with Gasteiger partial charge in [-0.2, -0.15) is 13.2 Å². The van der Waals surface area contributed by atoms with Crippen molar-refractivity contribution in [1.29, 1.82) is 0 Å². The van der Waals surface area contributed by atoms with E-state index < -0.39 is 48.2 Å². The first-order valence-corrected chi connectivity index (χ1v) is 9.68. The number of thioether (sulfide) groups is 1. The highest BCUT2D eigenvalue weighted by molar-refractivity contribution is 8.14. The number of alkyl halides is 3. The van der Waals surface area contributed by atoms with Gasteiger partial charge in [0.05, 0.1) is 6.10 Å². The summed E-state index contributed by atoms with van der Waals surface area (Å²) in [5.41, 5.74) is -0.268. The summed E-state index contributed by atoms with van der Waals surface area (Å²) in [6.07, 6.45) is -13.1. The lowest BCUT2D eigenvalue weighted by atomic mass is 9.94. The van der Waals surface area contributed by atoms with Crippen molar-refractivity contribution in [3.8, 4) is 0 Å². The Hall–Kier alpha value is -1.33. The van der Waals surface area contributed by atoms with E-state index in [4.69, 9.17) is 9.47 Å². The minimum Gasteiger partial charge on any atom is -0.388 e. The first-order valence-electron chi connectivity index (χ1n) is 8.80. The van der Waals surface area contributed by atoms with E-state index in [0.29, 0.717) is 10.7 Å². The highest BCUT2D eigenvalue weighted by Gasteiger charge is 2.57. The summed E-state index contributed by atoms with van der Waals surface area (Å²) < 4.78 is 52.2. The Morgan fingerprint density at radius 1 is 1.18 bits per heavy atom. The first-order chi connectivity index (χ1) is 13.1. The molecule has 7 unspecified atom stereocenters. The maximum atomic E-state index is 13.8. The molecule has 3 rings (SSSR count). The van der Waals surface area contributed by atoms with E-state index in [-0.39, 0.29) is 0 Å². The summed E-state index contributed by atoms with van der Waals surface area (Å²) in [6.45, 7) is 1.50. The van der Waals surface area contributed by atoms with Gasteiger partial charge in [-0.15, -0.1) is 0 Å². The van der Waals surface area contributed by atoms with E-state index in [0.717, 1.165) is 11.8 Å². The molecule has 156 valence electrons. The Kier molecular flexibility index (Phi) is 6.26. The van der Waals surface area contributed by atoms with Crippen LogP contribution in [0.3, 0.4) is 0 Å². The number of aliphatic imine (C=N–C) groups is 1. The Bertz CT molecular complexity index is 704. The van der Waals surface area contributed by atoms with Gasteiger partial charge < -0.3 is 24.6 Å². The average Bonchev–Trinajstić information content (AvgIpc) is 3.07. The van der Waals surface area contributed by atoms with Gasteiger partial charge in [-0.3, -0.25) is 4.99 Å².